The molecular weight excluding hydrogens is 252 g/mol. The van der Waals surface area contributed by atoms with Crippen LogP contribution < -0.4 is 5.32 Å². The van der Waals surface area contributed by atoms with Crippen molar-refractivity contribution in [2.24, 2.45) is 0 Å². The van der Waals surface area contributed by atoms with Crippen LogP contribution in [-0.4, -0.2) is 60.5 Å². The van der Waals surface area contributed by atoms with Crippen molar-refractivity contribution in [1.29, 1.82) is 0 Å². The minimum Gasteiger partial charge on any atom is -0.373 e. The molecule has 5 heteroatoms. The minimum atomic E-state index is 0.0649. The van der Waals surface area contributed by atoms with Crippen LogP contribution in [0.5, 0.6) is 0 Å². The molecule has 1 aromatic rings. The summed E-state index contributed by atoms with van der Waals surface area (Å²) in [5.41, 5.74) is 0.657. The number of likely N-dealkylation sites (tertiary alicyclic amines) is 1. The van der Waals surface area contributed by atoms with Crippen molar-refractivity contribution < 1.29 is 4.79 Å². The molecule has 1 fully saturated rings. The first kappa shape index (κ1) is 14.8. The predicted molar refractivity (Wildman–Crippen MR) is 81.0 cm³/mol. The molecule has 2 rings (SSSR count). The quantitative estimate of drug-likeness (QED) is 0.909. The topological polar surface area (TPSA) is 48.5 Å². The van der Waals surface area contributed by atoms with Crippen LogP contribution in [0.1, 0.15) is 30.1 Å². The van der Waals surface area contributed by atoms with E-state index in [9.17, 15) is 4.79 Å². The highest BCUT2D eigenvalue weighted by Gasteiger charge is 2.25. The van der Waals surface area contributed by atoms with Crippen molar-refractivity contribution in [1.82, 2.24) is 14.8 Å². The summed E-state index contributed by atoms with van der Waals surface area (Å²) in [6.45, 7) is 5.44. The molecule has 0 aromatic carbocycles. The molecule has 1 aliphatic rings. The summed E-state index contributed by atoms with van der Waals surface area (Å²) in [5.74, 6) is 0.843. The van der Waals surface area contributed by atoms with E-state index in [1.54, 1.807) is 6.20 Å². The number of carbonyl (C=O) groups excluding carboxylic acids is 1. The summed E-state index contributed by atoms with van der Waals surface area (Å²) < 4.78 is 0. The fourth-order valence-corrected chi connectivity index (χ4v) is 2.66. The van der Waals surface area contributed by atoms with Crippen LogP contribution in [0.4, 0.5) is 5.82 Å². The van der Waals surface area contributed by atoms with Gasteiger partial charge in [0.1, 0.15) is 5.82 Å². The molecule has 1 N–H and O–H groups in total. The van der Waals surface area contributed by atoms with Gasteiger partial charge in [-0.3, -0.25) is 4.79 Å². The molecule has 110 valence electrons. The number of carbonyl (C=O) groups is 1. The Labute approximate surface area is 121 Å². The van der Waals surface area contributed by atoms with Crippen LogP contribution in [0.2, 0.25) is 0 Å². The third-order valence-corrected chi connectivity index (χ3v) is 4.14. The number of piperidine rings is 1. The van der Waals surface area contributed by atoms with Gasteiger partial charge in [0.2, 0.25) is 0 Å². The number of rotatable bonds is 4. The third kappa shape index (κ3) is 3.28. The molecular formula is C15H24N4O. The average Bonchev–Trinajstić information content (AvgIpc) is 2.53. The molecule has 0 saturated carbocycles. The van der Waals surface area contributed by atoms with E-state index in [0.717, 1.165) is 38.3 Å². The molecule has 2 heterocycles. The standard InChI is InChI=1S/C15H24N4O/c1-4-19-9-7-13(8-10-19)18(3)15(20)12-5-6-14(16-2)17-11-12/h5-6,11,13H,4,7-10H2,1-3H3,(H,16,17). The summed E-state index contributed by atoms with van der Waals surface area (Å²) in [4.78, 5) is 21.0. The molecule has 5 nitrogen and oxygen atoms in total. The van der Waals surface area contributed by atoms with Crippen molar-refractivity contribution >= 4 is 11.7 Å². The molecule has 1 amide bonds. The fraction of sp³-hybridized carbons (Fsp3) is 0.600. The monoisotopic (exact) mass is 276 g/mol. The lowest BCUT2D eigenvalue weighted by Crippen LogP contribution is -2.45. The first-order valence-corrected chi connectivity index (χ1v) is 7.29. The summed E-state index contributed by atoms with van der Waals surface area (Å²) in [7, 11) is 3.72. The Morgan fingerprint density at radius 3 is 2.65 bits per heavy atom. The number of pyridine rings is 1. The second kappa shape index (κ2) is 6.70. The van der Waals surface area contributed by atoms with Gasteiger partial charge < -0.3 is 15.1 Å². The van der Waals surface area contributed by atoms with Crippen molar-refractivity contribution in [3.63, 3.8) is 0 Å². The van der Waals surface area contributed by atoms with E-state index in [1.165, 1.54) is 0 Å². The number of nitrogens with one attached hydrogen (secondary N) is 1. The van der Waals surface area contributed by atoms with Crippen molar-refractivity contribution in [2.45, 2.75) is 25.8 Å². The van der Waals surface area contributed by atoms with Gasteiger partial charge in [0.05, 0.1) is 5.56 Å². The molecule has 0 unspecified atom stereocenters. The van der Waals surface area contributed by atoms with E-state index in [-0.39, 0.29) is 5.91 Å². The lowest BCUT2D eigenvalue weighted by molar-refractivity contribution is 0.0646. The van der Waals surface area contributed by atoms with Crippen LogP contribution >= 0.6 is 0 Å². The normalized spacial score (nSPS) is 16.9. The Morgan fingerprint density at radius 2 is 2.15 bits per heavy atom. The molecule has 1 aromatic heterocycles. The number of hydrogen-bond acceptors (Lipinski definition) is 4. The van der Waals surface area contributed by atoms with E-state index >= 15 is 0 Å². The van der Waals surface area contributed by atoms with Crippen molar-refractivity contribution in [2.75, 3.05) is 39.0 Å². The maximum Gasteiger partial charge on any atom is 0.255 e. The SMILES string of the molecule is CCN1CCC(N(C)C(=O)c2ccc(NC)nc2)CC1. The number of aromatic nitrogens is 1. The molecule has 0 radical (unpaired) electrons. The van der Waals surface area contributed by atoms with Crippen LogP contribution in [0.3, 0.4) is 0 Å². The number of nitrogens with zero attached hydrogens (tertiary/aromatic N) is 3. The van der Waals surface area contributed by atoms with Crippen LogP contribution in [0, 0.1) is 0 Å². The maximum absolute atomic E-state index is 12.4. The zero-order valence-corrected chi connectivity index (χ0v) is 12.6. The maximum atomic E-state index is 12.4. The van der Waals surface area contributed by atoms with Crippen LogP contribution in [0.15, 0.2) is 18.3 Å². The van der Waals surface area contributed by atoms with Gasteiger partial charge in [-0.25, -0.2) is 4.98 Å². The summed E-state index contributed by atoms with van der Waals surface area (Å²) in [6.07, 6.45) is 3.75. The minimum absolute atomic E-state index is 0.0649. The molecule has 0 spiro atoms. The van der Waals surface area contributed by atoms with Gasteiger partial charge >= 0.3 is 0 Å². The van der Waals surface area contributed by atoms with E-state index in [4.69, 9.17) is 0 Å². The number of anilines is 1. The van der Waals surface area contributed by atoms with Gasteiger partial charge in [-0.1, -0.05) is 6.92 Å². The van der Waals surface area contributed by atoms with Gasteiger partial charge in [0, 0.05) is 39.4 Å². The Hall–Kier alpha value is -1.62. The number of amides is 1. The average molecular weight is 276 g/mol. The van der Waals surface area contributed by atoms with Gasteiger partial charge in [0.25, 0.3) is 5.91 Å². The molecule has 1 saturated heterocycles. The highest BCUT2D eigenvalue weighted by Crippen LogP contribution is 2.17. The molecule has 0 aliphatic carbocycles. The Morgan fingerprint density at radius 1 is 1.45 bits per heavy atom. The first-order valence-electron chi connectivity index (χ1n) is 7.29. The summed E-state index contributed by atoms with van der Waals surface area (Å²) >= 11 is 0. The Bertz CT molecular complexity index is 438. The van der Waals surface area contributed by atoms with Gasteiger partial charge in [-0.15, -0.1) is 0 Å². The Kier molecular flexibility index (Phi) is 4.95. The van der Waals surface area contributed by atoms with E-state index in [2.05, 4.69) is 22.1 Å². The Balaban J connectivity index is 1.97. The zero-order chi connectivity index (χ0) is 14.5. The second-order valence-corrected chi connectivity index (χ2v) is 5.26. The van der Waals surface area contributed by atoms with Crippen LogP contribution in [0.25, 0.3) is 0 Å². The van der Waals surface area contributed by atoms with Crippen molar-refractivity contribution in [3.8, 4) is 0 Å². The molecule has 0 atom stereocenters. The predicted octanol–water partition coefficient (Wildman–Crippen LogP) is 1.68. The molecule has 0 bridgehead atoms. The van der Waals surface area contributed by atoms with Gasteiger partial charge in [0.15, 0.2) is 0 Å². The summed E-state index contributed by atoms with van der Waals surface area (Å²) in [6, 6.07) is 4.01. The van der Waals surface area contributed by atoms with E-state index in [0.29, 0.717) is 11.6 Å². The summed E-state index contributed by atoms with van der Waals surface area (Å²) in [5, 5.41) is 2.96. The largest absolute Gasteiger partial charge is 0.373 e. The fourth-order valence-electron chi connectivity index (χ4n) is 2.66. The molecule has 1 aliphatic heterocycles. The van der Waals surface area contributed by atoms with Crippen molar-refractivity contribution in [3.05, 3.63) is 23.9 Å². The van der Waals surface area contributed by atoms with E-state index in [1.807, 2.05) is 31.1 Å². The lowest BCUT2D eigenvalue weighted by atomic mass is 10.0. The van der Waals surface area contributed by atoms with Crippen LogP contribution in [-0.2, 0) is 0 Å². The third-order valence-electron chi connectivity index (χ3n) is 4.14. The second-order valence-electron chi connectivity index (χ2n) is 5.26. The highest BCUT2D eigenvalue weighted by atomic mass is 16.2. The van der Waals surface area contributed by atoms with Gasteiger partial charge in [-0.2, -0.15) is 0 Å². The zero-order valence-electron chi connectivity index (χ0n) is 12.6. The smallest absolute Gasteiger partial charge is 0.255 e. The first-order chi connectivity index (χ1) is 9.65. The number of hydrogen-bond donors (Lipinski definition) is 1. The highest BCUT2D eigenvalue weighted by molar-refractivity contribution is 5.94. The molecule has 20 heavy (non-hydrogen) atoms. The van der Waals surface area contributed by atoms with E-state index < -0.39 is 0 Å². The lowest BCUT2D eigenvalue weighted by Gasteiger charge is -2.36. The van der Waals surface area contributed by atoms with Gasteiger partial charge in [-0.05, 0) is 31.5 Å².